The van der Waals surface area contributed by atoms with Crippen LogP contribution in [0.15, 0.2) is 22.8 Å². The molecule has 5 nitrogen and oxygen atoms in total. The van der Waals surface area contributed by atoms with Gasteiger partial charge in [-0.3, -0.25) is 9.59 Å². The van der Waals surface area contributed by atoms with Crippen molar-refractivity contribution in [3.63, 3.8) is 0 Å². The minimum absolute atomic E-state index is 0.108. The maximum atomic E-state index is 12.3. The quantitative estimate of drug-likeness (QED) is 0.771. The maximum absolute atomic E-state index is 12.3. The van der Waals surface area contributed by atoms with E-state index in [9.17, 15) is 9.59 Å². The van der Waals surface area contributed by atoms with Crippen molar-refractivity contribution in [1.29, 1.82) is 0 Å². The number of thioether (sulfide) groups is 1. The van der Waals surface area contributed by atoms with Crippen molar-refractivity contribution in [3.8, 4) is 0 Å². The molecule has 1 fully saturated rings. The molecular weight excluding hydrogens is 288 g/mol. The molecule has 1 aliphatic carbocycles. The Morgan fingerprint density at radius 1 is 1.43 bits per heavy atom. The summed E-state index contributed by atoms with van der Waals surface area (Å²) in [5, 5.41) is 5.77. The van der Waals surface area contributed by atoms with Crippen LogP contribution in [0.2, 0.25) is 0 Å². The first-order chi connectivity index (χ1) is 10.1. The van der Waals surface area contributed by atoms with Crippen LogP contribution >= 0.6 is 11.8 Å². The highest BCUT2D eigenvalue weighted by atomic mass is 32.2. The highest BCUT2D eigenvalue weighted by Crippen LogP contribution is 2.32. The Morgan fingerprint density at radius 2 is 2.19 bits per heavy atom. The van der Waals surface area contributed by atoms with Crippen molar-refractivity contribution < 1.29 is 14.0 Å². The minimum Gasteiger partial charge on any atom is -0.459 e. The first kappa shape index (κ1) is 15.9. The first-order valence-corrected chi connectivity index (χ1v) is 8.65. The van der Waals surface area contributed by atoms with Crippen molar-refractivity contribution in [1.82, 2.24) is 10.6 Å². The number of carbonyl (C=O) groups is 2. The number of amides is 2. The van der Waals surface area contributed by atoms with Crippen molar-refractivity contribution in [2.45, 2.75) is 38.3 Å². The molecule has 2 N–H and O–H groups in total. The fourth-order valence-corrected chi connectivity index (χ4v) is 2.65. The van der Waals surface area contributed by atoms with E-state index in [1.807, 2.05) is 13.2 Å². The predicted molar refractivity (Wildman–Crippen MR) is 83.3 cm³/mol. The monoisotopic (exact) mass is 310 g/mol. The van der Waals surface area contributed by atoms with Crippen LogP contribution in [0.25, 0.3) is 0 Å². The number of rotatable bonds is 8. The normalized spacial score (nSPS) is 17.0. The zero-order chi connectivity index (χ0) is 15.2. The zero-order valence-electron chi connectivity index (χ0n) is 12.4. The molecule has 0 unspecified atom stereocenters. The Hall–Kier alpha value is -1.43. The molecule has 2 rings (SSSR count). The molecule has 21 heavy (non-hydrogen) atoms. The van der Waals surface area contributed by atoms with E-state index in [0.29, 0.717) is 12.3 Å². The summed E-state index contributed by atoms with van der Waals surface area (Å²) in [5.74, 6) is 1.18. The Morgan fingerprint density at radius 3 is 2.76 bits per heavy atom. The van der Waals surface area contributed by atoms with Crippen LogP contribution in [0.5, 0.6) is 0 Å². The Balaban J connectivity index is 1.92. The Labute approximate surface area is 129 Å². The molecule has 0 saturated heterocycles. The van der Waals surface area contributed by atoms with Gasteiger partial charge in [-0.15, -0.1) is 0 Å². The Bertz CT molecular complexity index is 471. The van der Waals surface area contributed by atoms with Gasteiger partial charge < -0.3 is 15.1 Å². The van der Waals surface area contributed by atoms with E-state index in [0.717, 1.165) is 5.75 Å². The lowest BCUT2D eigenvalue weighted by Gasteiger charge is -2.20. The number of furan rings is 1. The molecular formula is C15H22N2O3S. The van der Waals surface area contributed by atoms with Crippen molar-refractivity contribution >= 4 is 23.6 Å². The smallest absolute Gasteiger partial charge is 0.287 e. The third-order valence-corrected chi connectivity index (χ3v) is 4.32. The fourth-order valence-electron chi connectivity index (χ4n) is 2.18. The predicted octanol–water partition coefficient (Wildman–Crippen LogP) is 2.05. The van der Waals surface area contributed by atoms with Gasteiger partial charge in [-0.1, -0.05) is 0 Å². The maximum Gasteiger partial charge on any atom is 0.287 e. The zero-order valence-corrected chi connectivity index (χ0v) is 13.2. The van der Waals surface area contributed by atoms with Crippen molar-refractivity contribution in [2.24, 2.45) is 5.92 Å². The second kappa shape index (κ2) is 7.54. The summed E-state index contributed by atoms with van der Waals surface area (Å²) in [5.41, 5.74) is 0. The molecule has 1 aromatic heterocycles. The second-order valence-electron chi connectivity index (χ2n) is 5.42. The third-order valence-electron chi connectivity index (χ3n) is 3.68. The molecule has 0 bridgehead atoms. The van der Waals surface area contributed by atoms with Crippen LogP contribution in [-0.4, -0.2) is 35.9 Å². The highest BCUT2D eigenvalue weighted by Gasteiger charge is 2.31. The summed E-state index contributed by atoms with van der Waals surface area (Å²) in [6.07, 6.45) is 6.39. The molecule has 0 radical (unpaired) electrons. The van der Waals surface area contributed by atoms with Gasteiger partial charge >= 0.3 is 0 Å². The minimum atomic E-state index is -0.517. The van der Waals surface area contributed by atoms with Gasteiger partial charge in [0.2, 0.25) is 5.91 Å². The second-order valence-corrected chi connectivity index (χ2v) is 6.41. The lowest BCUT2D eigenvalue weighted by atomic mass is 10.1. The number of carbonyl (C=O) groups excluding carboxylic acids is 2. The molecule has 1 saturated carbocycles. The van der Waals surface area contributed by atoms with E-state index in [4.69, 9.17) is 4.42 Å². The van der Waals surface area contributed by atoms with Crippen LogP contribution in [0.1, 0.15) is 36.7 Å². The largest absolute Gasteiger partial charge is 0.459 e. The van der Waals surface area contributed by atoms with E-state index >= 15 is 0 Å². The molecule has 0 spiro atoms. The van der Waals surface area contributed by atoms with Gasteiger partial charge in [-0.25, -0.2) is 0 Å². The molecule has 2 atom stereocenters. The molecule has 116 valence electrons. The summed E-state index contributed by atoms with van der Waals surface area (Å²) < 4.78 is 5.06. The summed E-state index contributed by atoms with van der Waals surface area (Å²) in [4.78, 5) is 24.4. The molecule has 0 aromatic carbocycles. The summed E-state index contributed by atoms with van der Waals surface area (Å²) >= 11 is 1.65. The Kier molecular flexibility index (Phi) is 5.73. The van der Waals surface area contributed by atoms with E-state index in [1.165, 1.54) is 19.1 Å². The molecule has 6 heteroatoms. The van der Waals surface area contributed by atoms with Gasteiger partial charge in [0.25, 0.3) is 5.91 Å². The van der Waals surface area contributed by atoms with Crippen LogP contribution < -0.4 is 10.6 Å². The van der Waals surface area contributed by atoms with E-state index in [1.54, 1.807) is 23.9 Å². The highest BCUT2D eigenvalue weighted by molar-refractivity contribution is 7.98. The van der Waals surface area contributed by atoms with Crippen molar-refractivity contribution in [3.05, 3.63) is 24.2 Å². The van der Waals surface area contributed by atoms with Crippen LogP contribution in [0, 0.1) is 5.92 Å². The lowest BCUT2D eigenvalue weighted by molar-refractivity contribution is -0.123. The number of nitrogens with one attached hydrogen (secondary N) is 2. The molecule has 2 amide bonds. The van der Waals surface area contributed by atoms with Crippen molar-refractivity contribution in [2.75, 3.05) is 12.0 Å². The molecule has 0 aliphatic heterocycles. The average Bonchev–Trinajstić information content (AvgIpc) is 3.18. The van der Waals surface area contributed by atoms with Gasteiger partial charge in [0.15, 0.2) is 5.76 Å². The molecule has 1 aromatic rings. The molecule has 1 heterocycles. The third kappa shape index (κ3) is 4.81. The fraction of sp³-hybridized carbons (Fsp3) is 0.600. The van der Waals surface area contributed by atoms with Gasteiger partial charge in [0, 0.05) is 6.04 Å². The van der Waals surface area contributed by atoms with Crippen LogP contribution in [0.4, 0.5) is 0 Å². The average molecular weight is 310 g/mol. The lowest BCUT2D eigenvalue weighted by Crippen LogP contribution is -2.49. The SMILES string of the molecule is CSCC[C@@H](NC(=O)c1ccco1)C(=O)N[C@@H](C)C1CC1. The number of hydrogen-bond donors (Lipinski definition) is 2. The van der Waals surface area contributed by atoms with Crippen LogP contribution in [-0.2, 0) is 4.79 Å². The standard InChI is InChI=1S/C15H22N2O3S/c1-10(11-5-6-11)16-14(18)12(7-9-21-2)17-15(19)13-4-3-8-20-13/h3-4,8,10-12H,5-7,9H2,1-2H3,(H,16,18)(H,17,19)/t10-,12+/m0/s1. The van der Waals surface area contributed by atoms with E-state index in [-0.39, 0.29) is 23.6 Å². The van der Waals surface area contributed by atoms with E-state index < -0.39 is 6.04 Å². The topological polar surface area (TPSA) is 71.3 Å². The summed E-state index contributed by atoms with van der Waals surface area (Å²) in [7, 11) is 0. The summed E-state index contributed by atoms with van der Waals surface area (Å²) in [6.45, 7) is 2.02. The molecule has 1 aliphatic rings. The summed E-state index contributed by atoms with van der Waals surface area (Å²) in [6, 6.07) is 2.90. The van der Waals surface area contributed by atoms with Gasteiger partial charge in [0.1, 0.15) is 6.04 Å². The first-order valence-electron chi connectivity index (χ1n) is 7.25. The van der Waals surface area contributed by atoms with E-state index in [2.05, 4.69) is 10.6 Å². The van der Waals surface area contributed by atoms with Crippen LogP contribution in [0.3, 0.4) is 0 Å². The number of hydrogen-bond acceptors (Lipinski definition) is 4. The van der Waals surface area contributed by atoms with Gasteiger partial charge in [-0.2, -0.15) is 11.8 Å². The van der Waals surface area contributed by atoms with Gasteiger partial charge in [-0.05, 0) is 56.2 Å². The van der Waals surface area contributed by atoms with Gasteiger partial charge in [0.05, 0.1) is 6.26 Å².